The highest BCUT2D eigenvalue weighted by Gasteiger charge is 2.26. The van der Waals surface area contributed by atoms with Gasteiger partial charge in [-0.15, -0.1) is 0 Å². The number of rotatable bonds is 8. The van der Waals surface area contributed by atoms with Crippen molar-refractivity contribution in [3.8, 4) is 22.3 Å². The molecule has 0 spiro atoms. The van der Waals surface area contributed by atoms with Crippen LogP contribution in [0.5, 0.6) is 0 Å². The maximum absolute atomic E-state index is 14.2. The van der Waals surface area contributed by atoms with Crippen LogP contribution >= 0.6 is 0 Å². The molecule has 6 rings (SSSR count). The molecule has 0 amide bonds. The summed E-state index contributed by atoms with van der Waals surface area (Å²) in [7, 11) is 0. The Morgan fingerprint density at radius 2 is 1.41 bits per heavy atom. The van der Waals surface area contributed by atoms with Crippen LogP contribution in [-0.2, 0) is 23.3 Å². The van der Waals surface area contributed by atoms with Gasteiger partial charge in [-0.05, 0) is 75.5 Å². The van der Waals surface area contributed by atoms with E-state index < -0.39 is 11.9 Å². The first-order valence-corrected chi connectivity index (χ1v) is 15.5. The van der Waals surface area contributed by atoms with Crippen molar-refractivity contribution in [3.05, 3.63) is 155 Å². The lowest BCUT2D eigenvalue weighted by Gasteiger charge is -2.19. The van der Waals surface area contributed by atoms with Crippen molar-refractivity contribution < 1.29 is 19.4 Å². The standard InChI is InChI=1S/C41H37NO4/c1-27-17-18-31(30-13-10-14-32(23-30)39(43)44)24-33(27)25-42-36-16-9-8-15-35(36)37(29-19-21-34(22-20-29)41(2,3)4)38(42)40(45)46-26-28-11-6-5-7-12-28/h5-24H,25-26H2,1-4H3,(H,43,44). The molecule has 5 aromatic carbocycles. The molecule has 0 unspecified atom stereocenters. The van der Waals surface area contributed by atoms with E-state index in [0.717, 1.165) is 49.8 Å². The highest BCUT2D eigenvalue weighted by molar-refractivity contribution is 6.08. The molecule has 0 atom stereocenters. The highest BCUT2D eigenvalue weighted by atomic mass is 16.5. The average molecular weight is 608 g/mol. The Morgan fingerprint density at radius 1 is 0.739 bits per heavy atom. The largest absolute Gasteiger partial charge is 0.478 e. The quantitative estimate of drug-likeness (QED) is 0.175. The minimum Gasteiger partial charge on any atom is -0.478 e. The topological polar surface area (TPSA) is 68.5 Å². The number of aromatic carboxylic acids is 1. The van der Waals surface area contributed by atoms with Crippen molar-refractivity contribution in [2.75, 3.05) is 0 Å². The van der Waals surface area contributed by atoms with Crippen LogP contribution in [0.25, 0.3) is 33.2 Å². The molecule has 0 aliphatic rings. The zero-order chi connectivity index (χ0) is 32.4. The monoisotopic (exact) mass is 607 g/mol. The SMILES string of the molecule is Cc1ccc(-c2cccc(C(=O)O)c2)cc1Cn1c(C(=O)OCc2ccccc2)c(-c2ccc(C(C)(C)C)cc2)c2ccccc21. The van der Waals surface area contributed by atoms with Crippen LogP contribution in [0.1, 0.15) is 63.9 Å². The number of esters is 1. The van der Waals surface area contributed by atoms with Gasteiger partial charge in [0.05, 0.1) is 5.56 Å². The van der Waals surface area contributed by atoms with Gasteiger partial charge in [-0.2, -0.15) is 0 Å². The van der Waals surface area contributed by atoms with Gasteiger partial charge in [0.15, 0.2) is 0 Å². The van der Waals surface area contributed by atoms with Crippen LogP contribution in [0, 0.1) is 6.92 Å². The number of hydrogen-bond acceptors (Lipinski definition) is 3. The number of ether oxygens (including phenoxy) is 1. The van der Waals surface area contributed by atoms with E-state index in [4.69, 9.17) is 4.74 Å². The lowest BCUT2D eigenvalue weighted by atomic mass is 9.86. The Labute approximate surface area is 269 Å². The summed E-state index contributed by atoms with van der Waals surface area (Å²) >= 11 is 0. The maximum Gasteiger partial charge on any atom is 0.355 e. The number of fused-ring (bicyclic) bond motifs is 1. The van der Waals surface area contributed by atoms with E-state index in [0.29, 0.717) is 12.2 Å². The number of benzene rings is 5. The molecule has 1 N–H and O–H groups in total. The van der Waals surface area contributed by atoms with Crippen LogP contribution in [0.3, 0.4) is 0 Å². The summed E-state index contributed by atoms with van der Waals surface area (Å²) in [6, 6.07) is 39.4. The highest BCUT2D eigenvalue weighted by Crippen LogP contribution is 2.38. The first-order valence-electron chi connectivity index (χ1n) is 15.5. The second kappa shape index (κ2) is 12.5. The minimum atomic E-state index is -0.963. The molecule has 0 saturated heterocycles. The molecule has 5 nitrogen and oxygen atoms in total. The number of carbonyl (C=O) groups is 2. The Hall–Kier alpha value is -5.42. The van der Waals surface area contributed by atoms with Crippen LogP contribution in [-0.4, -0.2) is 21.6 Å². The van der Waals surface area contributed by atoms with Gasteiger partial charge in [0, 0.05) is 23.0 Å². The number of aromatic nitrogens is 1. The summed E-state index contributed by atoms with van der Waals surface area (Å²) in [5, 5.41) is 10.5. The summed E-state index contributed by atoms with van der Waals surface area (Å²) in [6.07, 6.45) is 0. The molecule has 0 aliphatic heterocycles. The van der Waals surface area contributed by atoms with Gasteiger partial charge in [0.25, 0.3) is 0 Å². The van der Waals surface area contributed by atoms with Crippen molar-refractivity contribution in [1.82, 2.24) is 4.57 Å². The fraction of sp³-hybridized carbons (Fsp3) is 0.171. The van der Waals surface area contributed by atoms with Gasteiger partial charge in [-0.25, -0.2) is 9.59 Å². The lowest BCUT2D eigenvalue weighted by Crippen LogP contribution is -2.15. The Balaban J connectivity index is 1.50. The van der Waals surface area contributed by atoms with Crippen LogP contribution in [0.2, 0.25) is 0 Å². The first kappa shape index (κ1) is 30.6. The minimum absolute atomic E-state index is 0.00347. The van der Waals surface area contributed by atoms with Crippen molar-refractivity contribution >= 4 is 22.8 Å². The third kappa shape index (κ3) is 6.22. The molecule has 46 heavy (non-hydrogen) atoms. The fourth-order valence-corrected chi connectivity index (χ4v) is 5.92. The third-order valence-corrected chi connectivity index (χ3v) is 8.54. The number of carboxylic acid groups (broad SMARTS) is 1. The second-order valence-corrected chi connectivity index (χ2v) is 12.7. The number of carbonyl (C=O) groups excluding carboxylic acids is 1. The van der Waals surface area contributed by atoms with E-state index in [9.17, 15) is 14.7 Å². The second-order valence-electron chi connectivity index (χ2n) is 12.7. The van der Waals surface area contributed by atoms with Gasteiger partial charge in [0.1, 0.15) is 12.3 Å². The van der Waals surface area contributed by atoms with Crippen molar-refractivity contribution in [2.24, 2.45) is 0 Å². The maximum atomic E-state index is 14.2. The first-order chi connectivity index (χ1) is 22.1. The number of hydrogen-bond donors (Lipinski definition) is 1. The number of carboxylic acids is 1. The van der Waals surface area contributed by atoms with Gasteiger partial charge < -0.3 is 14.4 Å². The average Bonchev–Trinajstić information content (AvgIpc) is 3.38. The van der Waals surface area contributed by atoms with E-state index in [1.54, 1.807) is 18.2 Å². The molecule has 1 heterocycles. The predicted molar refractivity (Wildman–Crippen MR) is 184 cm³/mol. The summed E-state index contributed by atoms with van der Waals surface area (Å²) in [5.41, 5.74) is 9.41. The van der Waals surface area contributed by atoms with Crippen molar-refractivity contribution in [3.63, 3.8) is 0 Å². The molecular formula is C41H37NO4. The summed E-state index contributed by atoms with van der Waals surface area (Å²) in [6.45, 7) is 9.21. The predicted octanol–water partition coefficient (Wildman–Crippen LogP) is 9.68. The van der Waals surface area contributed by atoms with Gasteiger partial charge in [0.2, 0.25) is 0 Å². The molecule has 0 bridgehead atoms. The zero-order valence-corrected chi connectivity index (χ0v) is 26.6. The Bertz CT molecular complexity index is 2050. The van der Waals surface area contributed by atoms with Crippen LogP contribution in [0.15, 0.2) is 121 Å². The lowest BCUT2D eigenvalue weighted by molar-refractivity contribution is 0.0461. The van der Waals surface area contributed by atoms with E-state index >= 15 is 0 Å². The van der Waals surface area contributed by atoms with E-state index in [-0.39, 0.29) is 17.6 Å². The number of para-hydroxylation sites is 1. The number of nitrogens with zero attached hydrogens (tertiary/aromatic N) is 1. The smallest absolute Gasteiger partial charge is 0.355 e. The molecule has 5 heteroatoms. The van der Waals surface area contributed by atoms with Crippen LogP contribution in [0.4, 0.5) is 0 Å². The van der Waals surface area contributed by atoms with E-state index in [1.807, 2.05) is 66.7 Å². The Kier molecular flexibility index (Phi) is 8.33. The molecule has 6 aromatic rings. The molecule has 0 fully saturated rings. The van der Waals surface area contributed by atoms with Crippen LogP contribution < -0.4 is 0 Å². The molecular weight excluding hydrogens is 570 g/mol. The van der Waals surface area contributed by atoms with Crippen molar-refractivity contribution in [2.45, 2.75) is 46.3 Å². The normalized spacial score (nSPS) is 11.5. The fourth-order valence-electron chi connectivity index (χ4n) is 5.92. The zero-order valence-electron chi connectivity index (χ0n) is 26.6. The summed E-state index contributed by atoms with van der Waals surface area (Å²) < 4.78 is 8.07. The van der Waals surface area contributed by atoms with Gasteiger partial charge >= 0.3 is 11.9 Å². The van der Waals surface area contributed by atoms with Gasteiger partial charge in [-0.3, -0.25) is 0 Å². The third-order valence-electron chi connectivity index (χ3n) is 8.54. The molecule has 0 saturated carbocycles. The molecule has 0 radical (unpaired) electrons. The number of aryl methyl sites for hydroxylation is 1. The molecule has 230 valence electrons. The Morgan fingerprint density at radius 3 is 2.13 bits per heavy atom. The van der Waals surface area contributed by atoms with E-state index in [2.05, 4.69) is 68.7 Å². The summed E-state index contributed by atoms with van der Waals surface area (Å²) in [5.74, 6) is -1.35. The van der Waals surface area contributed by atoms with Crippen molar-refractivity contribution in [1.29, 1.82) is 0 Å². The van der Waals surface area contributed by atoms with Gasteiger partial charge in [-0.1, -0.05) is 118 Å². The summed E-state index contributed by atoms with van der Waals surface area (Å²) in [4.78, 5) is 25.9. The molecule has 0 aliphatic carbocycles. The molecule has 1 aromatic heterocycles. The van der Waals surface area contributed by atoms with E-state index in [1.165, 1.54) is 5.56 Å².